The predicted molar refractivity (Wildman–Crippen MR) is 129 cm³/mol. The van der Waals surface area contributed by atoms with Crippen molar-refractivity contribution < 1.29 is 0 Å². The number of hydrogen-bond donors (Lipinski definition) is 3. The first kappa shape index (κ1) is 29.9. The largest absolute Gasteiger partial charge is 0.405 e. The minimum absolute atomic E-state index is 0. The lowest BCUT2D eigenvalue weighted by Gasteiger charge is -2.11. The minimum Gasteiger partial charge on any atom is -0.405 e. The highest BCUT2D eigenvalue weighted by Crippen LogP contribution is 2.15. The van der Waals surface area contributed by atoms with Gasteiger partial charge >= 0.3 is 0 Å². The molecule has 0 spiro atoms. The monoisotopic (exact) mass is 384 g/mol. The molecule has 0 aliphatic heterocycles. The van der Waals surface area contributed by atoms with Crippen molar-refractivity contribution in [1.29, 1.82) is 5.41 Å². The van der Waals surface area contributed by atoms with Gasteiger partial charge in [0.05, 0.1) is 5.70 Å². The first-order valence-corrected chi connectivity index (χ1v) is 9.31. The molecule has 0 aliphatic rings. The summed E-state index contributed by atoms with van der Waals surface area (Å²) < 4.78 is 0. The number of nitrogens with zero attached hydrogens (tertiary/aromatic N) is 1. The van der Waals surface area contributed by atoms with Gasteiger partial charge in [-0.1, -0.05) is 85.0 Å². The van der Waals surface area contributed by atoms with E-state index in [1.807, 2.05) is 51.1 Å². The van der Waals surface area contributed by atoms with Crippen LogP contribution < -0.4 is 11.5 Å². The molecule has 0 atom stereocenters. The van der Waals surface area contributed by atoms with Gasteiger partial charge in [0.1, 0.15) is 5.84 Å². The number of hydrogen-bond acceptors (Lipinski definition) is 3. The molecule has 28 heavy (non-hydrogen) atoms. The number of rotatable bonds is 7. The van der Waals surface area contributed by atoms with Crippen molar-refractivity contribution >= 4 is 11.5 Å². The number of allylic oxidation sites excluding steroid dienone is 4. The molecule has 0 saturated carbocycles. The van der Waals surface area contributed by atoms with Crippen molar-refractivity contribution in [2.45, 2.75) is 54.9 Å². The van der Waals surface area contributed by atoms with Crippen LogP contribution in [0.3, 0.4) is 0 Å². The molecule has 1 aromatic rings. The summed E-state index contributed by atoms with van der Waals surface area (Å²) in [5.41, 5.74) is 14.8. The van der Waals surface area contributed by atoms with Crippen LogP contribution in [0.2, 0.25) is 0 Å². The molecule has 4 heteroatoms. The summed E-state index contributed by atoms with van der Waals surface area (Å²) in [4.78, 5) is 4.18. The summed E-state index contributed by atoms with van der Waals surface area (Å²) in [6.45, 7) is 17.5. The number of aliphatic imine (C=N–C) groups is 1. The fraction of sp³-hybridized carbons (Fsp3) is 0.333. The molecule has 0 amide bonds. The molecule has 0 heterocycles. The summed E-state index contributed by atoms with van der Waals surface area (Å²) in [6, 6.07) is 7.43. The molecule has 0 aliphatic carbocycles. The van der Waals surface area contributed by atoms with Crippen LogP contribution in [0.1, 0.15) is 66.0 Å². The van der Waals surface area contributed by atoms with Crippen molar-refractivity contribution in [1.82, 2.24) is 0 Å². The van der Waals surface area contributed by atoms with Gasteiger partial charge < -0.3 is 16.9 Å². The smallest absolute Gasteiger partial charge is 0.131 e. The summed E-state index contributed by atoms with van der Waals surface area (Å²) >= 11 is 0. The lowest BCUT2D eigenvalue weighted by atomic mass is 9.97. The van der Waals surface area contributed by atoms with Gasteiger partial charge in [0.25, 0.3) is 0 Å². The lowest BCUT2D eigenvalue weighted by molar-refractivity contribution is 1.09. The topological polar surface area (TPSA) is 88.2 Å². The van der Waals surface area contributed by atoms with Gasteiger partial charge in [-0.05, 0) is 30.8 Å². The van der Waals surface area contributed by atoms with E-state index in [-0.39, 0.29) is 7.43 Å². The third-order valence-corrected chi connectivity index (χ3v) is 3.09. The third-order valence-electron chi connectivity index (χ3n) is 3.09. The van der Waals surface area contributed by atoms with Gasteiger partial charge in [0, 0.05) is 23.3 Å². The van der Waals surface area contributed by atoms with Crippen LogP contribution in [0.5, 0.6) is 0 Å². The normalized spacial score (nSPS) is 10.6. The molecule has 0 fully saturated rings. The molecular weight excluding hydrogens is 344 g/mol. The van der Waals surface area contributed by atoms with Crippen LogP contribution in [-0.4, -0.2) is 11.5 Å². The van der Waals surface area contributed by atoms with Crippen LogP contribution in [0.4, 0.5) is 0 Å². The molecule has 0 radical (unpaired) electrons. The molecular formula is C24H40N4. The second kappa shape index (κ2) is 18.9. The Hall–Kier alpha value is -2.88. The van der Waals surface area contributed by atoms with Crippen LogP contribution in [0.15, 0.2) is 78.1 Å². The van der Waals surface area contributed by atoms with Crippen molar-refractivity contribution in [3.8, 4) is 0 Å². The Morgan fingerprint density at radius 3 is 2.11 bits per heavy atom. The highest BCUT2D eigenvalue weighted by molar-refractivity contribution is 6.11. The van der Waals surface area contributed by atoms with Gasteiger partial charge in [0.2, 0.25) is 0 Å². The van der Waals surface area contributed by atoms with Crippen molar-refractivity contribution in [2.75, 3.05) is 0 Å². The summed E-state index contributed by atoms with van der Waals surface area (Å²) in [6.07, 6.45) is 8.44. The van der Waals surface area contributed by atoms with E-state index >= 15 is 0 Å². The fourth-order valence-electron chi connectivity index (χ4n) is 1.91. The maximum absolute atomic E-state index is 8.33. The van der Waals surface area contributed by atoms with Crippen molar-refractivity contribution in [2.24, 2.45) is 16.5 Å². The zero-order chi connectivity index (χ0) is 21.2. The Balaban J connectivity index is -0.000000946. The number of nitrogens with two attached hydrogens (primary N) is 2. The molecule has 1 aromatic carbocycles. The zero-order valence-corrected chi connectivity index (χ0v) is 17.5. The predicted octanol–water partition coefficient (Wildman–Crippen LogP) is 6.35. The Morgan fingerprint density at radius 2 is 1.68 bits per heavy atom. The number of nitrogens with one attached hydrogen (secondary N) is 1. The first-order valence-electron chi connectivity index (χ1n) is 9.31. The van der Waals surface area contributed by atoms with Crippen LogP contribution in [0, 0.1) is 5.41 Å². The van der Waals surface area contributed by atoms with E-state index in [2.05, 4.69) is 32.0 Å². The Kier molecular flexibility index (Phi) is 20.2. The number of amidine groups is 1. The van der Waals surface area contributed by atoms with Gasteiger partial charge in [-0.25, -0.2) is 4.99 Å². The van der Waals surface area contributed by atoms with Crippen molar-refractivity contribution in [3.63, 3.8) is 0 Å². The van der Waals surface area contributed by atoms with E-state index in [1.54, 1.807) is 6.08 Å². The van der Waals surface area contributed by atoms with Crippen LogP contribution in [0.25, 0.3) is 0 Å². The Morgan fingerprint density at radius 1 is 1.18 bits per heavy atom. The van der Waals surface area contributed by atoms with E-state index in [1.165, 1.54) is 18.7 Å². The van der Waals surface area contributed by atoms with E-state index < -0.39 is 0 Å². The van der Waals surface area contributed by atoms with E-state index in [9.17, 15) is 0 Å². The molecule has 156 valence electrons. The average Bonchev–Trinajstić information content (AvgIpc) is 2.69. The molecule has 0 unspecified atom stereocenters. The molecule has 0 saturated heterocycles. The summed E-state index contributed by atoms with van der Waals surface area (Å²) in [5, 5.41) is 8.33. The maximum atomic E-state index is 8.33. The lowest BCUT2D eigenvalue weighted by Crippen LogP contribution is -2.18. The van der Waals surface area contributed by atoms with Gasteiger partial charge in [-0.15, -0.1) is 0 Å². The SMILES string of the molecule is C.C=CC(=C)N=C(N)c1ccccc1C(=N)CC(/C=C\N)=C/C.CC.CCC. The van der Waals surface area contributed by atoms with Crippen molar-refractivity contribution in [3.05, 3.63) is 84.2 Å². The molecule has 0 bridgehead atoms. The van der Waals surface area contributed by atoms with Gasteiger partial charge in [-0.3, -0.25) is 0 Å². The highest BCUT2D eigenvalue weighted by Gasteiger charge is 2.11. The minimum atomic E-state index is 0. The maximum Gasteiger partial charge on any atom is 0.131 e. The second-order valence-electron chi connectivity index (χ2n) is 5.32. The van der Waals surface area contributed by atoms with Gasteiger partial charge in [0.15, 0.2) is 0 Å². The van der Waals surface area contributed by atoms with Crippen LogP contribution in [-0.2, 0) is 0 Å². The summed E-state index contributed by atoms with van der Waals surface area (Å²) in [7, 11) is 0. The number of benzene rings is 1. The Labute approximate surface area is 173 Å². The van der Waals surface area contributed by atoms with Crippen LogP contribution >= 0.6 is 0 Å². The van der Waals surface area contributed by atoms with E-state index in [0.29, 0.717) is 29.2 Å². The molecule has 4 nitrogen and oxygen atoms in total. The molecule has 5 N–H and O–H groups in total. The quantitative estimate of drug-likeness (QED) is 0.290. The molecule has 0 aromatic heterocycles. The average molecular weight is 385 g/mol. The van der Waals surface area contributed by atoms with E-state index in [0.717, 1.165) is 11.1 Å². The van der Waals surface area contributed by atoms with E-state index in [4.69, 9.17) is 16.9 Å². The standard InChI is InChI=1S/C18H22N4.C3H8.C2H6.CH4/c1-4-13(3)22-18(21)16-9-7-6-8-15(16)17(20)12-14(5-2)10-11-19;1-3-2;1-2;/h4-11,20H,1,3,12,19H2,2H3,(H2,21,22);3H2,1-2H3;1-2H3;1H4/b11-10-,14-5+,20-17?;;;. The highest BCUT2D eigenvalue weighted by atomic mass is 14.9. The third kappa shape index (κ3) is 11.7. The first-order chi connectivity index (χ1) is 12.9. The fourth-order valence-corrected chi connectivity index (χ4v) is 1.91. The van der Waals surface area contributed by atoms with Gasteiger partial charge in [-0.2, -0.15) is 0 Å². The summed E-state index contributed by atoms with van der Waals surface area (Å²) in [5.74, 6) is 0.321. The Bertz CT molecular complexity index is 680. The second-order valence-corrected chi connectivity index (χ2v) is 5.32. The molecule has 1 rings (SSSR count). The zero-order valence-electron chi connectivity index (χ0n) is 17.5.